The first-order valence-corrected chi connectivity index (χ1v) is 11.2. The Labute approximate surface area is 218 Å². The summed E-state index contributed by atoms with van der Waals surface area (Å²) in [6.45, 7) is 4.21. The molecule has 0 aliphatic heterocycles. The molecule has 6 aromatic rings. The zero-order chi connectivity index (χ0) is 24.1. The summed E-state index contributed by atoms with van der Waals surface area (Å²) >= 11 is 0. The van der Waals surface area contributed by atoms with Crippen LogP contribution in [0.2, 0.25) is 0 Å². The topological polar surface area (TPSA) is 60.2 Å². The summed E-state index contributed by atoms with van der Waals surface area (Å²) in [7, 11) is 0. The number of hydrogen-bond acceptors (Lipinski definition) is 4. The number of phenols is 1. The van der Waals surface area contributed by atoms with Gasteiger partial charge in [-0.3, -0.25) is 0 Å². The number of rotatable bonds is 4. The van der Waals surface area contributed by atoms with Crippen molar-refractivity contribution in [3.05, 3.63) is 96.7 Å². The Bertz CT molecular complexity index is 1750. The van der Waals surface area contributed by atoms with Crippen molar-refractivity contribution in [3.8, 4) is 23.2 Å². The van der Waals surface area contributed by atoms with E-state index in [1.54, 1.807) is 12.1 Å². The Morgan fingerprint density at radius 2 is 1.74 bits per heavy atom. The summed E-state index contributed by atoms with van der Waals surface area (Å²) < 4.78 is 16.2. The molecule has 176 valence electrons. The molecule has 5 nitrogen and oxygen atoms in total. The fraction of sp³-hybridized carbons (Fsp3) is 0.103. The van der Waals surface area contributed by atoms with Crippen molar-refractivity contribution in [2.75, 3.05) is 0 Å². The molecule has 3 heterocycles. The summed E-state index contributed by atoms with van der Waals surface area (Å²) in [5, 5.41) is 13.4. The molecule has 6 heteroatoms. The quantitative estimate of drug-likeness (QED) is 0.208. The largest absolute Gasteiger partial charge is 0.506 e. The Morgan fingerprint density at radius 3 is 2.57 bits per heavy atom. The molecule has 0 bridgehead atoms. The third-order valence-electron chi connectivity index (χ3n) is 6.04. The van der Waals surface area contributed by atoms with Crippen LogP contribution in [0.4, 0.5) is 0 Å². The number of pyridine rings is 2. The SMILES string of the molecule is [2H]c1cccc(-n2c3[c-]c(Oc4cc(C(C)C)c5cccc(O)c5n4)ccc3c3ccccc32)n1.[Pt]. The molecule has 1 N–H and O–H groups in total. The van der Waals surface area contributed by atoms with Crippen molar-refractivity contribution in [1.29, 1.82) is 0 Å². The summed E-state index contributed by atoms with van der Waals surface area (Å²) in [6, 6.07) is 28.1. The van der Waals surface area contributed by atoms with Gasteiger partial charge in [-0.25, -0.2) is 9.97 Å². The van der Waals surface area contributed by atoms with Gasteiger partial charge in [-0.05, 0) is 41.1 Å². The van der Waals surface area contributed by atoms with Gasteiger partial charge >= 0.3 is 0 Å². The molecule has 0 aliphatic rings. The van der Waals surface area contributed by atoms with Gasteiger partial charge in [0, 0.05) is 50.0 Å². The minimum absolute atomic E-state index is 0. The number of phenolic OH excluding ortho intramolecular Hbond substituents is 1. The summed E-state index contributed by atoms with van der Waals surface area (Å²) in [6.07, 6.45) is 0.197. The molecule has 0 radical (unpaired) electrons. The van der Waals surface area contributed by atoms with Crippen LogP contribution in [0.15, 0.2) is 85.0 Å². The van der Waals surface area contributed by atoms with E-state index in [1.807, 2.05) is 65.2 Å². The van der Waals surface area contributed by atoms with Gasteiger partial charge in [0.2, 0.25) is 5.88 Å². The van der Waals surface area contributed by atoms with Gasteiger partial charge in [0.25, 0.3) is 0 Å². The van der Waals surface area contributed by atoms with E-state index < -0.39 is 0 Å². The number of nitrogens with zero attached hydrogens (tertiary/aromatic N) is 3. The minimum Gasteiger partial charge on any atom is -0.506 e. The second-order valence-corrected chi connectivity index (χ2v) is 8.54. The van der Waals surface area contributed by atoms with Gasteiger partial charge in [-0.2, -0.15) is 6.07 Å². The van der Waals surface area contributed by atoms with Crippen LogP contribution in [0.25, 0.3) is 38.5 Å². The first kappa shape index (κ1) is 21.8. The van der Waals surface area contributed by atoms with Gasteiger partial charge < -0.3 is 14.4 Å². The van der Waals surface area contributed by atoms with E-state index in [4.69, 9.17) is 6.11 Å². The molecular formula is C29H22N3O2Pt-. The summed E-state index contributed by atoms with van der Waals surface area (Å²) in [4.78, 5) is 9.03. The second-order valence-electron chi connectivity index (χ2n) is 8.54. The molecule has 0 aliphatic carbocycles. The normalized spacial score (nSPS) is 11.7. The average Bonchev–Trinajstić information content (AvgIpc) is 3.18. The van der Waals surface area contributed by atoms with E-state index in [-0.39, 0.29) is 38.9 Å². The number of aromatic nitrogens is 3. The summed E-state index contributed by atoms with van der Waals surface area (Å²) in [5.41, 5.74) is 3.34. The smallest absolute Gasteiger partial charge is 0.217 e. The van der Waals surface area contributed by atoms with Crippen LogP contribution >= 0.6 is 0 Å². The average molecular weight is 641 g/mol. The van der Waals surface area contributed by atoms with E-state index in [9.17, 15) is 5.11 Å². The molecule has 3 aromatic carbocycles. The van der Waals surface area contributed by atoms with Crippen molar-refractivity contribution >= 4 is 32.7 Å². The van der Waals surface area contributed by atoms with E-state index >= 15 is 0 Å². The maximum absolute atomic E-state index is 10.4. The Balaban J connectivity index is 0.00000267. The number of ether oxygens (including phenoxy) is 1. The molecule has 0 fully saturated rings. The Morgan fingerprint density at radius 1 is 0.943 bits per heavy atom. The van der Waals surface area contributed by atoms with Gasteiger partial charge in [0.05, 0.1) is 1.37 Å². The molecule has 0 spiro atoms. The van der Waals surface area contributed by atoms with E-state index in [1.165, 1.54) is 0 Å². The number of benzene rings is 3. The number of para-hydroxylation sites is 2. The molecule has 6 rings (SSSR count). The van der Waals surface area contributed by atoms with Crippen LogP contribution in [-0.4, -0.2) is 19.6 Å². The molecular weight excluding hydrogens is 617 g/mol. The first-order valence-electron chi connectivity index (χ1n) is 11.7. The van der Waals surface area contributed by atoms with Crippen LogP contribution in [0.5, 0.6) is 17.4 Å². The third-order valence-corrected chi connectivity index (χ3v) is 6.04. The Hall–Kier alpha value is -3.69. The van der Waals surface area contributed by atoms with Crippen molar-refractivity contribution in [3.63, 3.8) is 0 Å². The molecule has 0 saturated heterocycles. The van der Waals surface area contributed by atoms with Gasteiger partial charge in [0.1, 0.15) is 17.1 Å². The van der Waals surface area contributed by atoms with Gasteiger partial charge in [-0.15, -0.1) is 17.5 Å². The molecule has 0 unspecified atom stereocenters. The van der Waals surface area contributed by atoms with Crippen LogP contribution in [0.1, 0.15) is 26.7 Å². The maximum Gasteiger partial charge on any atom is 0.217 e. The number of hydrogen-bond donors (Lipinski definition) is 1. The van der Waals surface area contributed by atoms with Crippen LogP contribution in [0.3, 0.4) is 0 Å². The van der Waals surface area contributed by atoms with Crippen LogP contribution in [-0.2, 0) is 21.1 Å². The fourth-order valence-electron chi connectivity index (χ4n) is 4.49. The predicted molar refractivity (Wildman–Crippen MR) is 135 cm³/mol. The molecule has 0 saturated carbocycles. The predicted octanol–water partition coefficient (Wildman–Crippen LogP) is 7.15. The van der Waals surface area contributed by atoms with E-state index in [2.05, 4.69) is 35.9 Å². The van der Waals surface area contributed by atoms with Gasteiger partial charge in [0.15, 0.2) is 0 Å². The van der Waals surface area contributed by atoms with E-state index in [0.29, 0.717) is 23.0 Å². The van der Waals surface area contributed by atoms with Crippen LogP contribution < -0.4 is 4.74 Å². The van der Waals surface area contributed by atoms with Crippen molar-refractivity contribution in [1.82, 2.24) is 14.5 Å². The fourth-order valence-corrected chi connectivity index (χ4v) is 4.49. The zero-order valence-corrected chi connectivity index (χ0v) is 21.4. The Kier molecular flexibility index (Phi) is 5.71. The van der Waals surface area contributed by atoms with Crippen molar-refractivity contribution in [2.24, 2.45) is 0 Å². The summed E-state index contributed by atoms with van der Waals surface area (Å²) in [5.74, 6) is 1.89. The third kappa shape index (κ3) is 3.96. The molecule has 0 atom stereocenters. The first-order chi connectivity index (χ1) is 17.0. The molecule has 0 amide bonds. The monoisotopic (exact) mass is 640 g/mol. The zero-order valence-electron chi connectivity index (χ0n) is 20.1. The molecule has 35 heavy (non-hydrogen) atoms. The second kappa shape index (κ2) is 9.16. The standard InChI is InChI=1S/C29H22N3O2.Pt/c1-18(2)23-17-28(31-29-22(23)9-7-11-26(29)33)34-19-13-14-21-20-8-3-4-10-24(20)32(25(21)16-19)27-12-5-6-15-30-27;/h3-15,17-18,33H,1-2H3;/q-1;/i15D;. The van der Waals surface area contributed by atoms with Crippen LogP contribution in [0, 0.1) is 6.07 Å². The maximum atomic E-state index is 10.4. The number of fused-ring (bicyclic) bond motifs is 4. The van der Waals surface area contributed by atoms with Crippen molar-refractivity contribution in [2.45, 2.75) is 19.8 Å². The molecule has 3 aromatic heterocycles. The minimum atomic E-state index is 0. The number of aromatic hydroxyl groups is 1. The van der Waals surface area contributed by atoms with Crippen molar-refractivity contribution < 1.29 is 32.3 Å². The van der Waals surface area contributed by atoms with E-state index in [0.717, 1.165) is 32.8 Å². The van der Waals surface area contributed by atoms with Gasteiger partial charge in [-0.1, -0.05) is 55.8 Å².